The maximum Gasteiger partial charge on any atom is 0.203 e. The third-order valence-corrected chi connectivity index (χ3v) is 4.80. The average Bonchev–Trinajstić information content (AvgIpc) is 2.87. The van der Waals surface area contributed by atoms with E-state index >= 15 is 0 Å². The molecule has 130 valence electrons. The predicted molar refractivity (Wildman–Crippen MR) is 101 cm³/mol. The first kappa shape index (κ1) is 17.8. The Morgan fingerprint density at radius 3 is 2.48 bits per heavy atom. The van der Waals surface area contributed by atoms with Gasteiger partial charge >= 0.3 is 0 Å². The number of unbranched alkanes of at least 4 members (excludes halogenated alkanes) is 1. The molecule has 0 spiro atoms. The Labute approximate surface area is 156 Å². The molecule has 0 aliphatic carbocycles. The van der Waals surface area contributed by atoms with Crippen molar-refractivity contribution in [2.75, 3.05) is 0 Å². The number of nitrogens with zero attached hydrogens (tertiary/aromatic N) is 2. The summed E-state index contributed by atoms with van der Waals surface area (Å²) in [6, 6.07) is 12.4. The highest BCUT2D eigenvalue weighted by Crippen LogP contribution is 2.23. The molecule has 0 bridgehead atoms. The second kappa shape index (κ2) is 7.46. The molecule has 1 aromatic heterocycles. The molecule has 0 saturated carbocycles. The number of benzene rings is 2. The van der Waals surface area contributed by atoms with Gasteiger partial charge in [0, 0.05) is 17.1 Å². The minimum Gasteiger partial charge on any atom is -0.309 e. The molecule has 0 amide bonds. The zero-order valence-corrected chi connectivity index (χ0v) is 15.4. The van der Waals surface area contributed by atoms with Gasteiger partial charge in [0.2, 0.25) is 5.62 Å². The number of carbonyl (C=O) groups excluding carboxylic acids is 1. The molecule has 0 atom stereocenters. The van der Waals surface area contributed by atoms with Crippen molar-refractivity contribution in [3.8, 4) is 0 Å². The van der Waals surface area contributed by atoms with Crippen LogP contribution in [0.3, 0.4) is 0 Å². The van der Waals surface area contributed by atoms with Crippen LogP contribution in [0.15, 0.2) is 42.5 Å². The molecule has 0 aliphatic heterocycles. The summed E-state index contributed by atoms with van der Waals surface area (Å²) in [5.41, 5.74) is 2.48. The monoisotopic (exact) mass is 375 g/mol. The summed E-state index contributed by atoms with van der Waals surface area (Å²) in [6.07, 6.45) is 1.97. The number of Topliss-reactive ketones (excluding diaryl/α,β-unsaturated/α-hetero) is 1. The Morgan fingerprint density at radius 1 is 1.08 bits per heavy atom. The Hall–Kier alpha value is -2.04. The molecule has 0 aliphatic rings. The maximum absolute atomic E-state index is 12.6. The van der Waals surface area contributed by atoms with Crippen LogP contribution < -0.4 is 5.62 Å². The Morgan fingerprint density at radius 2 is 1.80 bits per heavy atom. The van der Waals surface area contributed by atoms with Crippen molar-refractivity contribution in [3.05, 3.63) is 63.7 Å². The molecule has 4 nitrogen and oxygen atoms in total. The van der Waals surface area contributed by atoms with E-state index in [-0.39, 0.29) is 12.3 Å². The molecule has 3 rings (SSSR count). The number of nitrogens with one attached hydrogen (secondary N) is 1. The number of imidazole rings is 1. The summed E-state index contributed by atoms with van der Waals surface area (Å²) < 4.78 is 3.60. The highest BCUT2D eigenvalue weighted by Gasteiger charge is 2.16. The van der Waals surface area contributed by atoms with Crippen LogP contribution in [0.2, 0.25) is 10.0 Å². The summed E-state index contributed by atoms with van der Waals surface area (Å²) in [5.74, 6) is -0.0651. The molecule has 2 aromatic carbocycles. The first-order valence-corrected chi connectivity index (χ1v) is 8.99. The van der Waals surface area contributed by atoms with Crippen molar-refractivity contribution in [1.29, 1.82) is 5.41 Å². The molecule has 0 saturated heterocycles. The van der Waals surface area contributed by atoms with Gasteiger partial charge in [-0.1, -0.05) is 42.6 Å². The van der Waals surface area contributed by atoms with Crippen molar-refractivity contribution in [3.63, 3.8) is 0 Å². The van der Waals surface area contributed by atoms with Crippen LogP contribution in [0.4, 0.5) is 0 Å². The Kier molecular flexibility index (Phi) is 5.30. The largest absolute Gasteiger partial charge is 0.309 e. The Bertz CT molecular complexity index is 971. The maximum atomic E-state index is 12.6. The fraction of sp³-hybridized carbons (Fsp3) is 0.263. The minimum absolute atomic E-state index is 0.0651. The van der Waals surface area contributed by atoms with Gasteiger partial charge in [0.05, 0.1) is 22.6 Å². The van der Waals surface area contributed by atoms with Crippen molar-refractivity contribution in [1.82, 2.24) is 9.13 Å². The molecule has 0 radical (unpaired) electrons. The van der Waals surface area contributed by atoms with Gasteiger partial charge in [0.25, 0.3) is 0 Å². The van der Waals surface area contributed by atoms with E-state index in [1.165, 1.54) is 0 Å². The van der Waals surface area contributed by atoms with E-state index < -0.39 is 0 Å². The first-order valence-electron chi connectivity index (χ1n) is 8.24. The first-order chi connectivity index (χ1) is 12.0. The van der Waals surface area contributed by atoms with Crippen LogP contribution >= 0.6 is 23.2 Å². The number of hydrogen-bond acceptors (Lipinski definition) is 2. The number of aryl methyl sites for hydroxylation is 1. The van der Waals surface area contributed by atoms with Crippen LogP contribution in [0.25, 0.3) is 11.0 Å². The number of carbonyl (C=O) groups is 1. The molecule has 6 heteroatoms. The predicted octanol–water partition coefficient (Wildman–Crippen LogP) is 4.91. The number of fused-ring (bicyclic) bond motifs is 1. The normalized spacial score (nSPS) is 11.2. The van der Waals surface area contributed by atoms with Crippen LogP contribution in [0.1, 0.15) is 30.1 Å². The molecule has 0 unspecified atom stereocenters. The van der Waals surface area contributed by atoms with Crippen molar-refractivity contribution >= 4 is 40.0 Å². The van der Waals surface area contributed by atoms with Crippen molar-refractivity contribution < 1.29 is 4.79 Å². The number of para-hydroxylation sites is 1. The third kappa shape index (κ3) is 3.51. The van der Waals surface area contributed by atoms with E-state index in [4.69, 9.17) is 28.6 Å². The van der Waals surface area contributed by atoms with Crippen LogP contribution in [-0.2, 0) is 13.1 Å². The lowest BCUT2D eigenvalue weighted by atomic mass is 10.1. The van der Waals surface area contributed by atoms with Gasteiger partial charge in [-0.2, -0.15) is 0 Å². The van der Waals surface area contributed by atoms with Crippen LogP contribution in [0.5, 0.6) is 0 Å². The third-order valence-electron chi connectivity index (χ3n) is 4.24. The molecule has 1 N–H and O–H groups in total. The van der Waals surface area contributed by atoms with Crippen LogP contribution in [-0.4, -0.2) is 14.9 Å². The highest BCUT2D eigenvalue weighted by atomic mass is 35.5. The van der Waals surface area contributed by atoms with Crippen molar-refractivity contribution in [2.45, 2.75) is 32.9 Å². The van der Waals surface area contributed by atoms with E-state index in [2.05, 4.69) is 6.92 Å². The number of rotatable bonds is 6. The number of halogens is 2. The lowest BCUT2D eigenvalue weighted by molar-refractivity contribution is 0.0971. The van der Waals surface area contributed by atoms with Crippen molar-refractivity contribution in [2.24, 2.45) is 0 Å². The van der Waals surface area contributed by atoms with Crippen LogP contribution in [0, 0.1) is 5.41 Å². The highest BCUT2D eigenvalue weighted by molar-refractivity contribution is 6.35. The van der Waals surface area contributed by atoms with Gasteiger partial charge < -0.3 is 9.13 Å². The van der Waals surface area contributed by atoms with E-state index in [1.807, 2.05) is 22.8 Å². The molecule has 25 heavy (non-hydrogen) atoms. The second-order valence-corrected chi connectivity index (χ2v) is 6.80. The molecular formula is C19H19Cl2N3O. The summed E-state index contributed by atoms with van der Waals surface area (Å²) >= 11 is 12.3. The lowest BCUT2D eigenvalue weighted by Gasteiger charge is -2.05. The number of aromatic nitrogens is 2. The van der Waals surface area contributed by atoms with Gasteiger partial charge in [-0.3, -0.25) is 10.2 Å². The summed E-state index contributed by atoms with van der Waals surface area (Å²) in [7, 11) is 0. The van der Waals surface area contributed by atoms with E-state index in [0.29, 0.717) is 27.8 Å². The summed E-state index contributed by atoms with van der Waals surface area (Å²) in [5, 5.41) is 9.72. The van der Waals surface area contributed by atoms with Gasteiger partial charge in [0.15, 0.2) is 5.78 Å². The van der Waals surface area contributed by atoms with Gasteiger partial charge in [-0.05, 0) is 42.8 Å². The molecule has 0 fully saturated rings. The number of hydrogen-bond donors (Lipinski definition) is 1. The smallest absolute Gasteiger partial charge is 0.203 e. The van der Waals surface area contributed by atoms with Gasteiger partial charge in [-0.25, -0.2) is 0 Å². The SMILES string of the molecule is CCCCn1c(=N)n(CC(=O)c2ccc(Cl)cc2)c2cccc(Cl)c21. The zero-order chi connectivity index (χ0) is 18.0. The summed E-state index contributed by atoms with van der Waals surface area (Å²) in [4.78, 5) is 12.6. The second-order valence-electron chi connectivity index (χ2n) is 5.95. The minimum atomic E-state index is -0.0651. The van der Waals surface area contributed by atoms with E-state index in [0.717, 1.165) is 23.9 Å². The van der Waals surface area contributed by atoms with E-state index in [1.54, 1.807) is 28.8 Å². The molecular weight excluding hydrogens is 357 g/mol. The standard InChI is InChI=1S/C19H19Cl2N3O/c1-2-3-11-23-18-15(21)5-4-6-16(18)24(19(23)22)12-17(25)13-7-9-14(20)10-8-13/h4-10,22H,2-3,11-12H2,1H3. The van der Waals surface area contributed by atoms with Gasteiger partial charge in [-0.15, -0.1) is 0 Å². The lowest BCUT2D eigenvalue weighted by Crippen LogP contribution is -2.27. The quantitative estimate of drug-likeness (QED) is 0.611. The Balaban J connectivity index is 2.05. The number of ketones is 1. The fourth-order valence-corrected chi connectivity index (χ4v) is 3.32. The fourth-order valence-electron chi connectivity index (χ4n) is 2.92. The van der Waals surface area contributed by atoms with E-state index in [9.17, 15) is 4.79 Å². The molecule has 3 aromatic rings. The topological polar surface area (TPSA) is 50.8 Å². The average molecular weight is 376 g/mol. The zero-order valence-electron chi connectivity index (χ0n) is 13.9. The van der Waals surface area contributed by atoms with Gasteiger partial charge in [0.1, 0.15) is 0 Å². The summed E-state index contributed by atoms with van der Waals surface area (Å²) in [6.45, 7) is 2.91. The molecule has 1 heterocycles.